The number of likely N-dealkylation sites (tertiary alicyclic amines) is 1. The van der Waals surface area contributed by atoms with Crippen LogP contribution in [0.5, 0.6) is 0 Å². The topological polar surface area (TPSA) is 52.7 Å². The third-order valence-electron chi connectivity index (χ3n) is 6.53. The number of nitrogens with zero attached hydrogens (tertiary/aromatic N) is 2. The lowest BCUT2D eigenvalue weighted by atomic mass is 9.88. The smallest absolute Gasteiger partial charge is 0.251 e. The first kappa shape index (κ1) is 21.8. The van der Waals surface area contributed by atoms with Gasteiger partial charge in [-0.2, -0.15) is 0 Å². The van der Waals surface area contributed by atoms with Crippen molar-refractivity contribution in [2.45, 2.75) is 77.9 Å². The molecule has 29 heavy (non-hydrogen) atoms. The number of hydrogen-bond acceptors (Lipinski definition) is 3. The second-order valence-corrected chi connectivity index (χ2v) is 8.93. The predicted molar refractivity (Wildman–Crippen MR) is 117 cm³/mol. The molecule has 0 unspecified atom stereocenters. The third-order valence-corrected chi connectivity index (χ3v) is 6.53. The lowest BCUT2D eigenvalue weighted by Gasteiger charge is -2.26. The summed E-state index contributed by atoms with van der Waals surface area (Å²) in [5, 5.41) is 3.13. The molecule has 2 aliphatic rings. The first-order valence-electron chi connectivity index (χ1n) is 11.4. The zero-order valence-corrected chi connectivity index (χ0v) is 18.3. The Hall–Kier alpha value is -1.88. The van der Waals surface area contributed by atoms with Crippen molar-refractivity contribution in [1.82, 2.24) is 15.1 Å². The van der Waals surface area contributed by atoms with Gasteiger partial charge in [0, 0.05) is 43.2 Å². The van der Waals surface area contributed by atoms with Crippen LogP contribution in [-0.4, -0.2) is 53.3 Å². The Balaban J connectivity index is 1.49. The zero-order valence-electron chi connectivity index (χ0n) is 18.3. The first-order chi connectivity index (χ1) is 14.0. The van der Waals surface area contributed by atoms with Crippen molar-refractivity contribution in [2.24, 2.45) is 5.92 Å². The van der Waals surface area contributed by atoms with Gasteiger partial charge in [0.1, 0.15) is 0 Å². The maximum Gasteiger partial charge on any atom is 0.251 e. The normalized spacial score (nSPS) is 20.4. The van der Waals surface area contributed by atoms with Crippen molar-refractivity contribution in [1.29, 1.82) is 0 Å². The maximum atomic E-state index is 12.7. The maximum absolute atomic E-state index is 12.7. The Kier molecular flexibility index (Phi) is 7.70. The van der Waals surface area contributed by atoms with E-state index in [0.29, 0.717) is 24.1 Å². The van der Waals surface area contributed by atoms with Gasteiger partial charge in [0.15, 0.2) is 0 Å². The second kappa shape index (κ2) is 10.2. The van der Waals surface area contributed by atoms with Gasteiger partial charge < -0.3 is 10.2 Å². The summed E-state index contributed by atoms with van der Waals surface area (Å²) in [7, 11) is 0. The van der Waals surface area contributed by atoms with Crippen LogP contribution >= 0.6 is 0 Å². The third kappa shape index (κ3) is 5.81. The van der Waals surface area contributed by atoms with Crippen LogP contribution in [0.15, 0.2) is 24.3 Å². The molecule has 5 heteroatoms. The Morgan fingerprint density at radius 3 is 2.41 bits per heavy atom. The van der Waals surface area contributed by atoms with E-state index in [1.54, 1.807) is 0 Å². The molecule has 2 fully saturated rings. The van der Waals surface area contributed by atoms with Crippen molar-refractivity contribution in [2.75, 3.05) is 19.6 Å². The molecule has 1 saturated heterocycles. The molecule has 1 aromatic rings. The van der Waals surface area contributed by atoms with Crippen molar-refractivity contribution >= 4 is 11.8 Å². The standard InChI is InChI=1S/C24H37N3O2/c1-4-26(18(2)3)16-19-10-12-20(13-11-19)23(28)25-22-14-15-27(17-22)24(29)21-8-6-5-7-9-21/h10-13,18,21-22H,4-9,14-17H2,1-3H3,(H,25,28)/t22-/m1/s1. The zero-order chi connectivity index (χ0) is 20.8. The van der Waals surface area contributed by atoms with Crippen molar-refractivity contribution in [3.63, 3.8) is 0 Å². The Bertz CT molecular complexity index is 680. The van der Waals surface area contributed by atoms with Crippen LogP contribution in [0.25, 0.3) is 0 Å². The average molecular weight is 400 g/mol. The number of rotatable bonds is 7. The minimum Gasteiger partial charge on any atom is -0.347 e. The number of benzene rings is 1. The van der Waals surface area contributed by atoms with E-state index >= 15 is 0 Å². The number of carbonyl (C=O) groups excluding carboxylic acids is 2. The number of hydrogen-bond donors (Lipinski definition) is 1. The average Bonchev–Trinajstić information content (AvgIpc) is 3.20. The molecule has 1 atom stereocenters. The summed E-state index contributed by atoms with van der Waals surface area (Å²) in [6, 6.07) is 8.49. The molecular formula is C24H37N3O2. The summed E-state index contributed by atoms with van der Waals surface area (Å²) < 4.78 is 0. The molecule has 1 N–H and O–H groups in total. The largest absolute Gasteiger partial charge is 0.347 e. The highest BCUT2D eigenvalue weighted by Crippen LogP contribution is 2.26. The van der Waals surface area contributed by atoms with Crippen LogP contribution in [0, 0.1) is 5.92 Å². The van der Waals surface area contributed by atoms with E-state index in [4.69, 9.17) is 0 Å². The van der Waals surface area contributed by atoms with E-state index < -0.39 is 0 Å². The van der Waals surface area contributed by atoms with Crippen molar-refractivity contribution < 1.29 is 9.59 Å². The van der Waals surface area contributed by atoms with Gasteiger partial charge in [-0.3, -0.25) is 14.5 Å². The Morgan fingerprint density at radius 1 is 1.10 bits per heavy atom. The highest BCUT2D eigenvalue weighted by atomic mass is 16.2. The van der Waals surface area contributed by atoms with E-state index in [-0.39, 0.29) is 17.9 Å². The monoisotopic (exact) mass is 399 g/mol. The molecule has 1 aliphatic carbocycles. The summed E-state index contributed by atoms with van der Waals surface area (Å²) in [6.07, 6.45) is 6.52. The van der Waals surface area contributed by atoms with E-state index in [1.165, 1.54) is 24.8 Å². The van der Waals surface area contributed by atoms with Gasteiger partial charge in [-0.25, -0.2) is 0 Å². The van der Waals surface area contributed by atoms with Gasteiger partial charge in [0.25, 0.3) is 5.91 Å². The first-order valence-corrected chi connectivity index (χ1v) is 11.4. The molecule has 5 nitrogen and oxygen atoms in total. The van der Waals surface area contributed by atoms with Gasteiger partial charge in [-0.15, -0.1) is 0 Å². The van der Waals surface area contributed by atoms with Crippen LogP contribution in [0.4, 0.5) is 0 Å². The fourth-order valence-electron chi connectivity index (χ4n) is 4.61. The summed E-state index contributed by atoms with van der Waals surface area (Å²) in [5.74, 6) is 0.473. The number of amides is 2. The quantitative estimate of drug-likeness (QED) is 0.758. The molecule has 160 valence electrons. The molecule has 1 aromatic carbocycles. The molecular weight excluding hydrogens is 362 g/mol. The number of nitrogens with one attached hydrogen (secondary N) is 1. The van der Waals surface area contributed by atoms with Crippen LogP contribution in [0.1, 0.15) is 75.2 Å². The Labute approximate surface area is 175 Å². The van der Waals surface area contributed by atoms with Crippen LogP contribution in [0.2, 0.25) is 0 Å². The van der Waals surface area contributed by atoms with Crippen molar-refractivity contribution in [3.05, 3.63) is 35.4 Å². The van der Waals surface area contributed by atoms with Crippen LogP contribution < -0.4 is 5.32 Å². The van der Waals surface area contributed by atoms with Gasteiger partial charge >= 0.3 is 0 Å². The SMILES string of the molecule is CCN(Cc1ccc(C(=O)N[C@@H]2CCN(C(=O)C3CCCCC3)C2)cc1)C(C)C. The Morgan fingerprint density at radius 2 is 1.79 bits per heavy atom. The van der Waals surface area contributed by atoms with E-state index in [0.717, 1.165) is 38.9 Å². The minimum absolute atomic E-state index is 0.0373. The molecule has 0 radical (unpaired) electrons. The summed E-state index contributed by atoms with van der Waals surface area (Å²) >= 11 is 0. The number of carbonyl (C=O) groups is 2. The van der Waals surface area contributed by atoms with Crippen LogP contribution in [0.3, 0.4) is 0 Å². The lowest BCUT2D eigenvalue weighted by Crippen LogP contribution is -2.40. The molecule has 0 spiro atoms. The fourth-order valence-corrected chi connectivity index (χ4v) is 4.61. The van der Waals surface area contributed by atoms with Gasteiger partial charge in [0.05, 0.1) is 0 Å². The summed E-state index contributed by atoms with van der Waals surface area (Å²) in [5.41, 5.74) is 1.92. The summed E-state index contributed by atoms with van der Waals surface area (Å²) in [6.45, 7) is 9.91. The second-order valence-electron chi connectivity index (χ2n) is 8.93. The molecule has 3 rings (SSSR count). The van der Waals surface area contributed by atoms with E-state index in [9.17, 15) is 9.59 Å². The molecule has 0 aromatic heterocycles. The molecule has 2 amide bonds. The van der Waals surface area contributed by atoms with Gasteiger partial charge in [0.2, 0.25) is 5.91 Å². The molecule has 0 bridgehead atoms. The molecule has 1 saturated carbocycles. The fraction of sp³-hybridized carbons (Fsp3) is 0.667. The predicted octanol–water partition coefficient (Wildman–Crippen LogP) is 3.83. The molecule has 1 heterocycles. The van der Waals surface area contributed by atoms with Crippen LogP contribution in [-0.2, 0) is 11.3 Å². The summed E-state index contributed by atoms with van der Waals surface area (Å²) in [4.78, 5) is 29.7. The van der Waals surface area contributed by atoms with Gasteiger partial charge in [-0.05, 0) is 57.4 Å². The molecule has 1 aliphatic heterocycles. The minimum atomic E-state index is -0.0373. The lowest BCUT2D eigenvalue weighted by molar-refractivity contribution is -0.135. The van der Waals surface area contributed by atoms with E-state index in [2.05, 4.69) is 31.0 Å². The van der Waals surface area contributed by atoms with Gasteiger partial charge in [-0.1, -0.05) is 38.3 Å². The van der Waals surface area contributed by atoms with E-state index in [1.807, 2.05) is 29.2 Å². The highest BCUT2D eigenvalue weighted by molar-refractivity contribution is 5.94. The van der Waals surface area contributed by atoms with Crippen molar-refractivity contribution in [3.8, 4) is 0 Å². The highest BCUT2D eigenvalue weighted by Gasteiger charge is 2.32.